The van der Waals surface area contributed by atoms with Gasteiger partial charge in [0.15, 0.2) is 5.03 Å². The maximum atomic E-state index is 11.1. The largest absolute Gasteiger partial charge is 0.322 e. The van der Waals surface area contributed by atoms with Crippen LogP contribution in [-0.4, -0.2) is 14.9 Å². The van der Waals surface area contributed by atoms with Gasteiger partial charge >= 0.3 is 5.69 Å². The average molecular weight is 291 g/mol. The molecule has 0 atom stereocenters. The molecule has 0 bridgehead atoms. The highest BCUT2D eigenvalue weighted by atomic mass is 32.2. The van der Waals surface area contributed by atoms with E-state index in [1.165, 1.54) is 11.8 Å². The fraction of sp³-hybridized carbons (Fsp3) is 0.167. The highest BCUT2D eigenvalue weighted by Gasteiger charge is 2.22. The number of hydrogen-bond donors (Lipinski definition) is 2. The minimum Gasteiger partial charge on any atom is -0.292 e. The van der Waals surface area contributed by atoms with Crippen LogP contribution in [0.1, 0.15) is 11.3 Å². The average Bonchev–Trinajstić information content (AvgIpc) is 2.45. The normalized spacial score (nSPS) is 10.3. The van der Waals surface area contributed by atoms with Gasteiger partial charge in [0.05, 0.1) is 4.92 Å². The SMILES string of the molecule is Cc1nc(NN)nc(SCc2ccccc2)c1[N+](=O)[O-]. The number of hydrazine groups is 1. The lowest BCUT2D eigenvalue weighted by molar-refractivity contribution is -0.389. The molecule has 104 valence electrons. The molecule has 0 saturated carbocycles. The van der Waals surface area contributed by atoms with Gasteiger partial charge in [-0.05, 0) is 12.5 Å². The first-order chi connectivity index (χ1) is 9.61. The lowest BCUT2D eigenvalue weighted by atomic mass is 10.2. The number of nitro groups is 1. The summed E-state index contributed by atoms with van der Waals surface area (Å²) >= 11 is 1.28. The van der Waals surface area contributed by atoms with Crippen LogP contribution in [0.3, 0.4) is 0 Å². The molecular formula is C12H13N5O2S. The van der Waals surface area contributed by atoms with E-state index in [9.17, 15) is 10.1 Å². The summed E-state index contributed by atoms with van der Waals surface area (Å²) in [5.74, 6) is 6.02. The van der Waals surface area contributed by atoms with Gasteiger partial charge in [0.1, 0.15) is 5.69 Å². The molecule has 2 aromatic rings. The summed E-state index contributed by atoms with van der Waals surface area (Å²) in [5.41, 5.74) is 3.58. The predicted molar refractivity (Wildman–Crippen MR) is 77.2 cm³/mol. The standard InChI is InChI=1S/C12H13N5O2S/c1-8-10(17(18)19)11(15-12(14-8)16-13)20-7-9-5-3-2-4-6-9/h2-6H,7,13H2,1H3,(H,14,15,16). The Morgan fingerprint density at radius 3 is 2.65 bits per heavy atom. The van der Waals surface area contributed by atoms with Crippen LogP contribution >= 0.6 is 11.8 Å². The molecule has 1 aromatic heterocycles. The van der Waals surface area contributed by atoms with E-state index in [0.29, 0.717) is 10.8 Å². The molecule has 0 fully saturated rings. The van der Waals surface area contributed by atoms with Crippen molar-refractivity contribution >= 4 is 23.4 Å². The molecular weight excluding hydrogens is 278 g/mol. The summed E-state index contributed by atoms with van der Waals surface area (Å²) < 4.78 is 0. The summed E-state index contributed by atoms with van der Waals surface area (Å²) in [6, 6.07) is 9.66. The number of benzene rings is 1. The van der Waals surface area contributed by atoms with E-state index in [-0.39, 0.29) is 17.3 Å². The molecule has 2 rings (SSSR count). The second-order valence-corrected chi connectivity index (χ2v) is 4.93. The van der Waals surface area contributed by atoms with Gasteiger partial charge in [0.2, 0.25) is 5.95 Å². The lowest BCUT2D eigenvalue weighted by Crippen LogP contribution is -2.12. The first kappa shape index (κ1) is 14.2. The zero-order valence-corrected chi connectivity index (χ0v) is 11.6. The Balaban J connectivity index is 2.29. The van der Waals surface area contributed by atoms with Crippen molar-refractivity contribution in [1.82, 2.24) is 9.97 Å². The van der Waals surface area contributed by atoms with Gasteiger partial charge in [-0.2, -0.15) is 4.98 Å². The van der Waals surface area contributed by atoms with Crippen LogP contribution in [0.2, 0.25) is 0 Å². The lowest BCUT2D eigenvalue weighted by Gasteiger charge is -2.06. The van der Waals surface area contributed by atoms with Crippen LogP contribution in [0.5, 0.6) is 0 Å². The quantitative estimate of drug-likeness (QED) is 0.286. The van der Waals surface area contributed by atoms with Crippen molar-refractivity contribution in [3.8, 4) is 0 Å². The Morgan fingerprint density at radius 1 is 1.35 bits per heavy atom. The first-order valence-corrected chi connectivity index (χ1v) is 6.76. The van der Waals surface area contributed by atoms with Crippen LogP contribution in [0, 0.1) is 17.0 Å². The third-order valence-electron chi connectivity index (χ3n) is 2.56. The molecule has 0 amide bonds. The van der Waals surface area contributed by atoms with Crippen LogP contribution < -0.4 is 11.3 Å². The Bertz CT molecular complexity index is 621. The second-order valence-electron chi connectivity index (χ2n) is 3.96. The molecule has 0 aliphatic carbocycles. The summed E-state index contributed by atoms with van der Waals surface area (Å²) in [4.78, 5) is 18.6. The van der Waals surface area contributed by atoms with Crippen molar-refractivity contribution in [3.63, 3.8) is 0 Å². The Kier molecular flexibility index (Phi) is 4.49. The van der Waals surface area contributed by atoms with Gasteiger partial charge in [0.25, 0.3) is 0 Å². The van der Waals surface area contributed by atoms with Gasteiger partial charge in [-0.15, -0.1) is 0 Å². The Hall–Kier alpha value is -2.19. The number of aryl methyl sites for hydroxylation is 1. The summed E-state index contributed by atoms with van der Waals surface area (Å²) in [5, 5.41) is 11.4. The molecule has 0 unspecified atom stereocenters. The predicted octanol–water partition coefficient (Wildman–Crippen LogP) is 2.27. The number of anilines is 1. The number of nitrogens with two attached hydrogens (primary N) is 1. The number of aromatic nitrogens is 2. The molecule has 1 heterocycles. The van der Waals surface area contributed by atoms with Crippen LogP contribution in [0.15, 0.2) is 35.4 Å². The van der Waals surface area contributed by atoms with Crippen LogP contribution in [0.25, 0.3) is 0 Å². The third-order valence-corrected chi connectivity index (χ3v) is 3.59. The number of nitrogens with zero attached hydrogens (tertiary/aromatic N) is 3. The van der Waals surface area contributed by atoms with E-state index >= 15 is 0 Å². The zero-order chi connectivity index (χ0) is 14.5. The molecule has 0 aliphatic rings. The van der Waals surface area contributed by atoms with Gasteiger partial charge in [-0.25, -0.2) is 10.8 Å². The van der Waals surface area contributed by atoms with Gasteiger partial charge < -0.3 is 0 Å². The Labute approximate surface area is 119 Å². The van der Waals surface area contributed by atoms with Crippen molar-refractivity contribution in [1.29, 1.82) is 0 Å². The summed E-state index contributed by atoms with van der Waals surface area (Å²) in [6.07, 6.45) is 0. The van der Waals surface area contributed by atoms with Crippen LogP contribution in [0.4, 0.5) is 11.6 Å². The number of thioether (sulfide) groups is 1. The maximum absolute atomic E-state index is 11.1. The maximum Gasteiger partial charge on any atom is 0.322 e. The molecule has 1 aromatic carbocycles. The minimum atomic E-state index is -0.469. The monoisotopic (exact) mass is 291 g/mol. The van der Waals surface area contributed by atoms with E-state index in [2.05, 4.69) is 15.4 Å². The molecule has 3 N–H and O–H groups in total. The molecule has 20 heavy (non-hydrogen) atoms. The highest BCUT2D eigenvalue weighted by Crippen LogP contribution is 2.32. The number of nitrogens with one attached hydrogen (secondary N) is 1. The van der Waals surface area contributed by atoms with Gasteiger partial charge in [0, 0.05) is 5.75 Å². The number of hydrogen-bond acceptors (Lipinski definition) is 7. The van der Waals surface area contributed by atoms with E-state index in [4.69, 9.17) is 5.84 Å². The molecule has 8 heteroatoms. The highest BCUT2D eigenvalue weighted by molar-refractivity contribution is 7.98. The van der Waals surface area contributed by atoms with Gasteiger partial charge in [-0.1, -0.05) is 42.1 Å². The third kappa shape index (κ3) is 3.22. The van der Waals surface area contributed by atoms with E-state index in [1.54, 1.807) is 6.92 Å². The number of rotatable bonds is 5. The van der Waals surface area contributed by atoms with E-state index < -0.39 is 4.92 Å². The zero-order valence-electron chi connectivity index (χ0n) is 10.7. The fourth-order valence-electron chi connectivity index (χ4n) is 1.64. The fourth-order valence-corrected chi connectivity index (χ4v) is 2.65. The molecule has 0 aliphatic heterocycles. The first-order valence-electron chi connectivity index (χ1n) is 5.78. The van der Waals surface area contributed by atoms with E-state index in [0.717, 1.165) is 5.56 Å². The van der Waals surface area contributed by atoms with E-state index in [1.807, 2.05) is 30.3 Å². The van der Waals surface area contributed by atoms with Crippen molar-refractivity contribution in [2.45, 2.75) is 17.7 Å². The smallest absolute Gasteiger partial charge is 0.292 e. The summed E-state index contributed by atoms with van der Waals surface area (Å²) in [6.45, 7) is 1.56. The topological polar surface area (TPSA) is 107 Å². The van der Waals surface area contributed by atoms with Crippen molar-refractivity contribution in [3.05, 3.63) is 51.7 Å². The molecule has 0 radical (unpaired) electrons. The molecule has 0 spiro atoms. The minimum absolute atomic E-state index is 0.0788. The van der Waals surface area contributed by atoms with Crippen molar-refractivity contribution in [2.24, 2.45) is 5.84 Å². The second kappa shape index (κ2) is 6.31. The molecule has 0 saturated heterocycles. The van der Waals surface area contributed by atoms with Gasteiger partial charge in [-0.3, -0.25) is 15.5 Å². The van der Waals surface area contributed by atoms with Crippen molar-refractivity contribution < 1.29 is 4.92 Å². The summed E-state index contributed by atoms with van der Waals surface area (Å²) in [7, 11) is 0. The Morgan fingerprint density at radius 2 is 2.05 bits per heavy atom. The van der Waals surface area contributed by atoms with Crippen molar-refractivity contribution in [2.75, 3.05) is 5.43 Å². The number of nitrogen functional groups attached to an aromatic ring is 1. The van der Waals surface area contributed by atoms with Crippen LogP contribution in [-0.2, 0) is 5.75 Å². The molecule has 7 nitrogen and oxygen atoms in total.